The van der Waals surface area contributed by atoms with E-state index >= 15 is 0 Å². The summed E-state index contributed by atoms with van der Waals surface area (Å²) in [5.41, 5.74) is 2.21. The van der Waals surface area contributed by atoms with Crippen LogP contribution in [0.4, 0.5) is 17.3 Å². The molecule has 1 aromatic carbocycles. The van der Waals surface area contributed by atoms with Gasteiger partial charge in [0.25, 0.3) is 0 Å². The van der Waals surface area contributed by atoms with Crippen LogP contribution in [-0.4, -0.2) is 16.5 Å². The molecule has 22 heavy (non-hydrogen) atoms. The van der Waals surface area contributed by atoms with Crippen LogP contribution in [0.2, 0.25) is 0 Å². The van der Waals surface area contributed by atoms with Gasteiger partial charge in [-0.05, 0) is 49.9 Å². The lowest BCUT2D eigenvalue weighted by atomic mass is 10.1. The van der Waals surface area contributed by atoms with E-state index < -0.39 is 0 Å². The molecule has 0 atom stereocenters. The van der Waals surface area contributed by atoms with Gasteiger partial charge in [-0.25, -0.2) is 9.97 Å². The first-order chi connectivity index (χ1) is 10.4. The Morgan fingerprint density at radius 1 is 1.09 bits per heavy atom. The van der Waals surface area contributed by atoms with Gasteiger partial charge < -0.3 is 10.6 Å². The van der Waals surface area contributed by atoms with Crippen LogP contribution in [0.3, 0.4) is 0 Å². The lowest BCUT2D eigenvalue weighted by Gasteiger charge is -2.11. The van der Waals surface area contributed by atoms with E-state index in [1.54, 1.807) is 0 Å². The summed E-state index contributed by atoms with van der Waals surface area (Å²) in [6.45, 7) is 9.33. The van der Waals surface area contributed by atoms with Crippen molar-refractivity contribution in [3.8, 4) is 0 Å². The second-order valence-corrected chi connectivity index (χ2v) is 6.74. The maximum atomic E-state index is 4.45. The van der Waals surface area contributed by atoms with Crippen LogP contribution in [0.15, 0.2) is 28.7 Å². The quantitative estimate of drug-likeness (QED) is 0.753. The molecular weight excluding hydrogens is 340 g/mol. The Morgan fingerprint density at radius 3 is 2.50 bits per heavy atom. The fourth-order valence-electron chi connectivity index (χ4n) is 2.08. The van der Waals surface area contributed by atoms with Gasteiger partial charge in [-0.2, -0.15) is 0 Å². The van der Waals surface area contributed by atoms with Gasteiger partial charge in [0.05, 0.1) is 0 Å². The van der Waals surface area contributed by atoms with Gasteiger partial charge in [0, 0.05) is 22.8 Å². The first-order valence-electron chi connectivity index (χ1n) is 7.57. The van der Waals surface area contributed by atoms with Crippen LogP contribution in [-0.2, 0) is 0 Å². The van der Waals surface area contributed by atoms with Crippen molar-refractivity contribution in [1.82, 2.24) is 9.97 Å². The van der Waals surface area contributed by atoms with E-state index in [0.717, 1.165) is 40.6 Å². The molecule has 0 fully saturated rings. The minimum absolute atomic E-state index is 0.679. The fraction of sp³-hybridized carbons (Fsp3) is 0.412. The zero-order valence-electron chi connectivity index (χ0n) is 13.6. The van der Waals surface area contributed by atoms with E-state index in [-0.39, 0.29) is 0 Å². The molecule has 0 saturated carbocycles. The van der Waals surface area contributed by atoms with Crippen LogP contribution in [0.1, 0.15) is 31.7 Å². The van der Waals surface area contributed by atoms with Gasteiger partial charge in [0.1, 0.15) is 17.5 Å². The Hall–Kier alpha value is -1.62. The third kappa shape index (κ3) is 4.98. The van der Waals surface area contributed by atoms with Gasteiger partial charge >= 0.3 is 0 Å². The Balaban J connectivity index is 2.10. The summed E-state index contributed by atoms with van der Waals surface area (Å²) < 4.78 is 1.10. The lowest BCUT2D eigenvalue weighted by molar-refractivity contribution is 0.606. The third-order valence-corrected chi connectivity index (χ3v) is 4.19. The molecule has 118 valence electrons. The highest BCUT2D eigenvalue weighted by atomic mass is 79.9. The lowest BCUT2D eigenvalue weighted by Crippen LogP contribution is -2.08. The number of hydrogen-bond donors (Lipinski definition) is 2. The summed E-state index contributed by atoms with van der Waals surface area (Å²) in [6, 6.07) is 8.10. The average molecular weight is 363 g/mol. The van der Waals surface area contributed by atoms with Gasteiger partial charge in [-0.15, -0.1) is 0 Å². The molecule has 2 N–H and O–H groups in total. The number of rotatable bonds is 6. The summed E-state index contributed by atoms with van der Waals surface area (Å²) in [7, 11) is 0. The van der Waals surface area contributed by atoms with Crippen molar-refractivity contribution in [3.05, 3.63) is 40.1 Å². The van der Waals surface area contributed by atoms with Crippen molar-refractivity contribution in [2.75, 3.05) is 17.2 Å². The van der Waals surface area contributed by atoms with Crippen LogP contribution >= 0.6 is 15.9 Å². The zero-order valence-corrected chi connectivity index (χ0v) is 15.2. The van der Waals surface area contributed by atoms with Crippen molar-refractivity contribution in [3.63, 3.8) is 0 Å². The predicted octanol–water partition coefficient (Wildman–Crippen LogP) is 5.06. The normalized spacial score (nSPS) is 10.8. The van der Waals surface area contributed by atoms with E-state index in [2.05, 4.69) is 63.4 Å². The van der Waals surface area contributed by atoms with Gasteiger partial charge in [-0.3, -0.25) is 0 Å². The van der Waals surface area contributed by atoms with E-state index in [1.807, 2.05) is 25.1 Å². The maximum Gasteiger partial charge on any atom is 0.136 e. The van der Waals surface area contributed by atoms with Crippen LogP contribution in [0.5, 0.6) is 0 Å². The molecule has 0 amide bonds. The van der Waals surface area contributed by atoms with E-state index in [9.17, 15) is 0 Å². The molecule has 1 aromatic heterocycles. The van der Waals surface area contributed by atoms with Crippen molar-refractivity contribution in [2.45, 2.75) is 34.1 Å². The zero-order chi connectivity index (χ0) is 16.1. The minimum atomic E-state index is 0.679. The minimum Gasteiger partial charge on any atom is -0.370 e. The van der Waals surface area contributed by atoms with Crippen molar-refractivity contribution in [2.24, 2.45) is 5.92 Å². The van der Waals surface area contributed by atoms with Gasteiger partial charge in [0.2, 0.25) is 0 Å². The molecule has 0 spiro atoms. The maximum absolute atomic E-state index is 4.45. The number of nitrogens with one attached hydrogen (secondary N) is 2. The summed E-state index contributed by atoms with van der Waals surface area (Å²) >= 11 is 3.51. The van der Waals surface area contributed by atoms with E-state index in [4.69, 9.17) is 0 Å². The van der Waals surface area contributed by atoms with Crippen molar-refractivity contribution in [1.29, 1.82) is 0 Å². The number of aryl methyl sites for hydroxylation is 2. The Bertz CT molecular complexity index is 641. The topological polar surface area (TPSA) is 49.8 Å². The molecular formula is C17H23BrN4. The number of anilines is 3. The Kier molecular flexibility index (Phi) is 5.77. The highest BCUT2D eigenvalue weighted by Crippen LogP contribution is 2.23. The number of benzene rings is 1. The SMILES string of the molecule is Cc1nc(NCCC(C)C)cc(Nc2ccc(Br)c(C)c2)n1. The molecule has 0 unspecified atom stereocenters. The first-order valence-corrected chi connectivity index (χ1v) is 8.36. The molecule has 0 bridgehead atoms. The number of halogens is 1. The fourth-order valence-corrected chi connectivity index (χ4v) is 2.33. The molecule has 0 aliphatic rings. The van der Waals surface area contributed by atoms with Crippen LogP contribution < -0.4 is 10.6 Å². The Labute approximate surface area is 140 Å². The van der Waals surface area contributed by atoms with E-state index in [1.165, 1.54) is 5.56 Å². The summed E-state index contributed by atoms with van der Waals surface area (Å²) in [5, 5.41) is 6.71. The number of aromatic nitrogens is 2. The standard InChI is InChI=1S/C17H23BrN4/c1-11(2)7-8-19-16-10-17(21-13(4)20-16)22-14-5-6-15(18)12(3)9-14/h5-6,9-11H,7-8H2,1-4H3,(H2,19,20,21,22). The monoisotopic (exact) mass is 362 g/mol. The third-order valence-electron chi connectivity index (χ3n) is 3.30. The average Bonchev–Trinajstić information content (AvgIpc) is 2.42. The summed E-state index contributed by atoms with van der Waals surface area (Å²) in [4.78, 5) is 8.88. The van der Waals surface area contributed by atoms with Crippen molar-refractivity contribution < 1.29 is 0 Å². The van der Waals surface area contributed by atoms with Gasteiger partial charge in [0.15, 0.2) is 0 Å². The Morgan fingerprint density at radius 2 is 1.82 bits per heavy atom. The highest BCUT2D eigenvalue weighted by Gasteiger charge is 2.04. The predicted molar refractivity (Wildman–Crippen MR) is 96.9 cm³/mol. The van der Waals surface area contributed by atoms with Crippen molar-refractivity contribution >= 4 is 33.3 Å². The molecule has 0 aliphatic heterocycles. The largest absolute Gasteiger partial charge is 0.370 e. The van der Waals surface area contributed by atoms with Crippen LogP contribution in [0.25, 0.3) is 0 Å². The smallest absolute Gasteiger partial charge is 0.136 e. The molecule has 0 radical (unpaired) electrons. The number of hydrogen-bond acceptors (Lipinski definition) is 4. The number of nitrogens with zero attached hydrogens (tertiary/aromatic N) is 2. The molecule has 1 heterocycles. The second kappa shape index (κ2) is 7.58. The molecule has 0 aliphatic carbocycles. The van der Waals surface area contributed by atoms with Crippen LogP contribution in [0, 0.1) is 19.8 Å². The molecule has 0 saturated heterocycles. The first kappa shape index (κ1) is 16.7. The highest BCUT2D eigenvalue weighted by molar-refractivity contribution is 9.10. The van der Waals surface area contributed by atoms with Gasteiger partial charge in [-0.1, -0.05) is 29.8 Å². The molecule has 2 aromatic rings. The molecule has 5 heteroatoms. The van der Waals surface area contributed by atoms with E-state index in [0.29, 0.717) is 5.92 Å². The molecule has 2 rings (SSSR count). The molecule has 4 nitrogen and oxygen atoms in total. The summed E-state index contributed by atoms with van der Waals surface area (Å²) in [5.74, 6) is 3.11. The second-order valence-electron chi connectivity index (χ2n) is 5.88. The summed E-state index contributed by atoms with van der Waals surface area (Å²) in [6.07, 6.45) is 1.12.